The van der Waals surface area contributed by atoms with Crippen LogP contribution in [0.5, 0.6) is 5.75 Å². The van der Waals surface area contributed by atoms with Crippen LogP contribution in [-0.4, -0.2) is 39.9 Å². The number of rotatable bonds is 9. The smallest absolute Gasteiger partial charge is 0.243 e. The SMILES string of the molecule is Cc1cc(O)cc(C)c1C[C@](C)(N)C(=O)N(CCCc1ccccc1)[C@H](C)C(N)=O. The summed E-state index contributed by atoms with van der Waals surface area (Å²) in [5.74, 6) is -0.687. The van der Waals surface area contributed by atoms with Crippen LogP contribution in [0.15, 0.2) is 42.5 Å². The van der Waals surface area contributed by atoms with Gasteiger partial charge in [-0.15, -0.1) is 0 Å². The van der Waals surface area contributed by atoms with E-state index >= 15 is 0 Å². The van der Waals surface area contributed by atoms with Gasteiger partial charge in [-0.2, -0.15) is 0 Å². The van der Waals surface area contributed by atoms with Crippen molar-refractivity contribution in [3.8, 4) is 5.75 Å². The third-order valence-electron chi connectivity index (χ3n) is 5.56. The quantitative estimate of drug-likeness (QED) is 0.589. The van der Waals surface area contributed by atoms with Crippen molar-refractivity contribution in [3.63, 3.8) is 0 Å². The predicted octanol–water partition coefficient (Wildman–Crippen LogP) is 2.60. The zero-order chi connectivity index (χ0) is 22.5. The minimum Gasteiger partial charge on any atom is -0.508 e. The molecule has 30 heavy (non-hydrogen) atoms. The van der Waals surface area contributed by atoms with Crippen molar-refractivity contribution in [1.29, 1.82) is 0 Å². The molecule has 162 valence electrons. The van der Waals surface area contributed by atoms with E-state index in [9.17, 15) is 14.7 Å². The number of hydrogen-bond donors (Lipinski definition) is 3. The summed E-state index contributed by atoms with van der Waals surface area (Å²) in [5, 5.41) is 9.78. The molecule has 0 bridgehead atoms. The summed E-state index contributed by atoms with van der Waals surface area (Å²) < 4.78 is 0. The Kier molecular flexibility index (Phi) is 7.62. The number of nitrogens with zero attached hydrogens (tertiary/aromatic N) is 1. The number of phenols is 1. The van der Waals surface area contributed by atoms with Gasteiger partial charge in [-0.25, -0.2) is 0 Å². The molecule has 0 aliphatic heterocycles. The highest BCUT2D eigenvalue weighted by atomic mass is 16.3. The van der Waals surface area contributed by atoms with Crippen LogP contribution >= 0.6 is 0 Å². The van der Waals surface area contributed by atoms with E-state index in [1.165, 1.54) is 10.5 Å². The largest absolute Gasteiger partial charge is 0.508 e. The zero-order valence-corrected chi connectivity index (χ0v) is 18.3. The van der Waals surface area contributed by atoms with Crippen LogP contribution in [0, 0.1) is 13.8 Å². The van der Waals surface area contributed by atoms with Crippen molar-refractivity contribution in [2.75, 3.05) is 6.54 Å². The Morgan fingerprint density at radius 3 is 2.23 bits per heavy atom. The molecule has 6 heteroatoms. The molecule has 0 saturated carbocycles. The number of hydrogen-bond acceptors (Lipinski definition) is 4. The van der Waals surface area contributed by atoms with Gasteiger partial charge in [0.2, 0.25) is 11.8 Å². The van der Waals surface area contributed by atoms with Gasteiger partial charge in [0.05, 0.1) is 5.54 Å². The Morgan fingerprint density at radius 1 is 1.13 bits per heavy atom. The fourth-order valence-electron chi connectivity index (χ4n) is 3.74. The lowest BCUT2D eigenvalue weighted by Gasteiger charge is -2.35. The highest BCUT2D eigenvalue weighted by Gasteiger charge is 2.37. The third kappa shape index (κ3) is 5.83. The molecule has 0 aromatic heterocycles. The predicted molar refractivity (Wildman–Crippen MR) is 119 cm³/mol. The molecule has 2 atom stereocenters. The van der Waals surface area contributed by atoms with Crippen molar-refractivity contribution in [2.24, 2.45) is 11.5 Å². The average Bonchev–Trinajstić information content (AvgIpc) is 2.68. The Hall–Kier alpha value is -2.86. The lowest BCUT2D eigenvalue weighted by Crippen LogP contribution is -2.59. The molecule has 0 aliphatic carbocycles. The molecular formula is C24H33N3O3. The minimum atomic E-state index is -1.22. The number of amides is 2. The molecule has 6 nitrogen and oxygen atoms in total. The first-order chi connectivity index (χ1) is 14.0. The van der Waals surface area contributed by atoms with Crippen LogP contribution in [-0.2, 0) is 22.4 Å². The summed E-state index contributed by atoms with van der Waals surface area (Å²) >= 11 is 0. The summed E-state index contributed by atoms with van der Waals surface area (Å²) in [4.78, 5) is 26.8. The fourth-order valence-corrected chi connectivity index (χ4v) is 3.74. The zero-order valence-electron chi connectivity index (χ0n) is 18.3. The van der Waals surface area contributed by atoms with E-state index in [2.05, 4.69) is 0 Å². The monoisotopic (exact) mass is 411 g/mol. The lowest BCUT2D eigenvalue weighted by molar-refractivity contribution is -0.143. The minimum absolute atomic E-state index is 0.184. The molecule has 0 fully saturated rings. The van der Waals surface area contributed by atoms with Crippen molar-refractivity contribution in [1.82, 2.24) is 4.90 Å². The van der Waals surface area contributed by atoms with Gasteiger partial charge in [0, 0.05) is 6.54 Å². The Balaban J connectivity index is 2.19. The molecule has 0 unspecified atom stereocenters. The maximum atomic E-state index is 13.4. The molecule has 0 aliphatic rings. The summed E-state index contributed by atoms with van der Waals surface area (Å²) in [5.41, 5.74) is 14.6. The third-order valence-corrected chi connectivity index (χ3v) is 5.56. The fraction of sp³-hybridized carbons (Fsp3) is 0.417. The molecule has 2 rings (SSSR count). The first-order valence-electron chi connectivity index (χ1n) is 10.2. The number of benzene rings is 2. The first-order valence-corrected chi connectivity index (χ1v) is 10.2. The van der Waals surface area contributed by atoms with Crippen LogP contribution < -0.4 is 11.5 Å². The van der Waals surface area contributed by atoms with Crippen molar-refractivity contribution in [2.45, 2.75) is 58.5 Å². The Bertz CT molecular complexity index is 871. The van der Waals surface area contributed by atoms with E-state index in [4.69, 9.17) is 11.5 Å². The second kappa shape index (κ2) is 9.76. The molecular weight excluding hydrogens is 378 g/mol. The van der Waals surface area contributed by atoms with E-state index in [1.807, 2.05) is 44.2 Å². The Labute approximate surface area is 178 Å². The normalized spacial score (nSPS) is 14.0. The molecule has 0 heterocycles. The van der Waals surface area contributed by atoms with E-state index in [1.54, 1.807) is 26.0 Å². The van der Waals surface area contributed by atoms with Crippen LogP contribution in [0.1, 0.15) is 42.5 Å². The van der Waals surface area contributed by atoms with E-state index in [-0.39, 0.29) is 11.7 Å². The number of nitrogens with two attached hydrogens (primary N) is 2. The second-order valence-corrected chi connectivity index (χ2v) is 8.32. The first kappa shape index (κ1) is 23.4. The number of phenolic OH excluding ortho intramolecular Hbond substituents is 1. The number of carbonyl (C=O) groups is 2. The van der Waals surface area contributed by atoms with Crippen LogP contribution in [0.2, 0.25) is 0 Å². The van der Waals surface area contributed by atoms with Gasteiger partial charge in [-0.05, 0) is 81.3 Å². The number of aryl methyl sites for hydroxylation is 3. The molecule has 2 aromatic rings. The van der Waals surface area contributed by atoms with Gasteiger partial charge in [0.1, 0.15) is 11.8 Å². The van der Waals surface area contributed by atoms with Crippen molar-refractivity contribution in [3.05, 3.63) is 64.7 Å². The second-order valence-electron chi connectivity index (χ2n) is 8.32. The average molecular weight is 412 g/mol. The molecule has 2 amide bonds. The van der Waals surface area contributed by atoms with Gasteiger partial charge >= 0.3 is 0 Å². The summed E-state index contributed by atoms with van der Waals surface area (Å²) in [6.45, 7) is 7.46. The van der Waals surface area contributed by atoms with Gasteiger partial charge in [-0.1, -0.05) is 30.3 Å². The van der Waals surface area contributed by atoms with Crippen molar-refractivity contribution < 1.29 is 14.7 Å². The van der Waals surface area contributed by atoms with Crippen LogP contribution in [0.25, 0.3) is 0 Å². The maximum Gasteiger partial charge on any atom is 0.243 e. The summed E-state index contributed by atoms with van der Waals surface area (Å²) in [6.07, 6.45) is 1.78. The van der Waals surface area contributed by atoms with Gasteiger partial charge < -0.3 is 21.5 Å². The topological polar surface area (TPSA) is 110 Å². The highest BCUT2D eigenvalue weighted by molar-refractivity contribution is 5.91. The van der Waals surface area contributed by atoms with E-state index in [0.29, 0.717) is 19.4 Å². The van der Waals surface area contributed by atoms with Crippen molar-refractivity contribution >= 4 is 11.8 Å². The number of aromatic hydroxyl groups is 1. The standard InChI is InChI=1S/C24H33N3O3/c1-16-13-20(28)14-17(2)21(16)15-24(4,26)23(30)27(18(3)22(25)29)12-8-11-19-9-6-5-7-10-19/h5-7,9-10,13-14,18,28H,8,11-12,15,26H2,1-4H3,(H2,25,29)/t18-,24+/m1/s1. The molecule has 5 N–H and O–H groups in total. The van der Waals surface area contributed by atoms with E-state index in [0.717, 1.165) is 23.1 Å². The Morgan fingerprint density at radius 2 is 1.70 bits per heavy atom. The highest BCUT2D eigenvalue weighted by Crippen LogP contribution is 2.25. The van der Waals surface area contributed by atoms with Gasteiger partial charge in [-0.3, -0.25) is 9.59 Å². The maximum absolute atomic E-state index is 13.4. The summed E-state index contributed by atoms with van der Waals surface area (Å²) in [7, 11) is 0. The molecule has 0 radical (unpaired) electrons. The van der Waals surface area contributed by atoms with Gasteiger partial charge in [0.25, 0.3) is 0 Å². The molecule has 2 aromatic carbocycles. The lowest BCUT2D eigenvalue weighted by atomic mass is 9.87. The number of carbonyl (C=O) groups excluding carboxylic acids is 2. The van der Waals surface area contributed by atoms with Crippen LogP contribution in [0.4, 0.5) is 0 Å². The molecule has 0 saturated heterocycles. The number of primary amides is 1. The summed E-state index contributed by atoms with van der Waals surface area (Å²) in [6, 6.07) is 12.5. The molecule has 0 spiro atoms. The van der Waals surface area contributed by atoms with Crippen LogP contribution in [0.3, 0.4) is 0 Å². The van der Waals surface area contributed by atoms with E-state index < -0.39 is 17.5 Å². The van der Waals surface area contributed by atoms with Gasteiger partial charge in [0.15, 0.2) is 0 Å².